The zero-order valence-corrected chi connectivity index (χ0v) is 15.8. The number of carbonyl (C=O) groups excluding carboxylic acids is 1. The van der Waals surface area contributed by atoms with E-state index in [9.17, 15) is 4.79 Å². The smallest absolute Gasteiger partial charge is 0.254 e. The summed E-state index contributed by atoms with van der Waals surface area (Å²) in [7, 11) is 1.53. The molecule has 144 valence electrons. The molecule has 0 radical (unpaired) electrons. The van der Waals surface area contributed by atoms with E-state index in [0.717, 1.165) is 28.8 Å². The molecule has 1 amide bonds. The number of aryl methyl sites for hydroxylation is 1. The number of nitrogens with zero attached hydrogens (tertiary/aromatic N) is 1. The third-order valence-corrected chi connectivity index (χ3v) is 4.42. The van der Waals surface area contributed by atoms with Crippen LogP contribution in [0.4, 0.5) is 5.82 Å². The van der Waals surface area contributed by atoms with Crippen molar-refractivity contribution in [2.45, 2.75) is 13.3 Å². The van der Waals surface area contributed by atoms with Gasteiger partial charge in [0.25, 0.3) is 5.91 Å². The average Bonchev–Trinajstić information content (AvgIpc) is 3.12. The number of amidine groups is 1. The number of carbonyl (C=O) groups is 1. The first-order valence-electron chi connectivity index (χ1n) is 8.92. The van der Waals surface area contributed by atoms with Crippen molar-refractivity contribution < 1.29 is 4.79 Å². The van der Waals surface area contributed by atoms with Gasteiger partial charge in [0.2, 0.25) is 0 Å². The summed E-state index contributed by atoms with van der Waals surface area (Å²) in [6.07, 6.45) is 7.11. The number of anilines is 1. The van der Waals surface area contributed by atoms with Crippen molar-refractivity contribution in [1.82, 2.24) is 20.9 Å². The van der Waals surface area contributed by atoms with E-state index in [2.05, 4.69) is 26.3 Å². The Balaban J connectivity index is 2.09. The zero-order chi connectivity index (χ0) is 20.1. The van der Waals surface area contributed by atoms with Crippen LogP contribution in [0.5, 0.6) is 0 Å². The van der Waals surface area contributed by atoms with Crippen molar-refractivity contribution in [1.29, 1.82) is 10.8 Å². The molecule has 1 saturated heterocycles. The highest BCUT2D eigenvalue weighted by Gasteiger charge is 2.22. The summed E-state index contributed by atoms with van der Waals surface area (Å²) < 4.78 is 0. The van der Waals surface area contributed by atoms with Crippen LogP contribution in [-0.4, -0.2) is 36.5 Å². The molecule has 28 heavy (non-hydrogen) atoms. The van der Waals surface area contributed by atoms with Crippen LogP contribution in [0, 0.1) is 17.7 Å². The van der Waals surface area contributed by atoms with Gasteiger partial charge in [-0.3, -0.25) is 10.2 Å². The molecule has 2 aliphatic rings. The molecule has 0 bridgehead atoms. The summed E-state index contributed by atoms with van der Waals surface area (Å²) >= 11 is 0. The SMILES string of the molecule is CNC(=O)/C(C=N)=C1C=C(/C(Nc2cccc(C)n2)=C2\CCNC2=N)C=CN\1. The van der Waals surface area contributed by atoms with Gasteiger partial charge in [-0.25, -0.2) is 4.98 Å². The number of nitrogens with one attached hydrogen (secondary N) is 6. The summed E-state index contributed by atoms with van der Waals surface area (Å²) in [4.78, 5) is 16.6. The molecule has 8 heteroatoms. The topological polar surface area (TPSA) is 126 Å². The van der Waals surface area contributed by atoms with E-state index in [1.54, 1.807) is 12.3 Å². The quantitative estimate of drug-likeness (QED) is 0.344. The van der Waals surface area contributed by atoms with Gasteiger partial charge in [-0.1, -0.05) is 6.07 Å². The van der Waals surface area contributed by atoms with Gasteiger partial charge in [-0.05, 0) is 37.6 Å². The third kappa shape index (κ3) is 4.01. The minimum Gasteiger partial charge on any atom is -0.370 e. The maximum atomic E-state index is 12.1. The first-order valence-corrected chi connectivity index (χ1v) is 8.92. The van der Waals surface area contributed by atoms with Gasteiger partial charge in [-0.2, -0.15) is 0 Å². The molecule has 1 aromatic rings. The largest absolute Gasteiger partial charge is 0.370 e. The maximum absolute atomic E-state index is 12.1. The highest BCUT2D eigenvalue weighted by atomic mass is 16.1. The minimum atomic E-state index is -0.346. The van der Waals surface area contributed by atoms with E-state index in [-0.39, 0.29) is 11.5 Å². The Labute approximate surface area is 163 Å². The second-order valence-electron chi connectivity index (χ2n) is 6.32. The van der Waals surface area contributed by atoms with Crippen molar-refractivity contribution >= 4 is 23.8 Å². The Kier molecular flexibility index (Phi) is 5.69. The summed E-state index contributed by atoms with van der Waals surface area (Å²) in [5.74, 6) is 0.701. The van der Waals surface area contributed by atoms with Crippen LogP contribution in [0.1, 0.15) is 12.1 Å². The summed E-state index contributed by atoms with van der Waals surface area (Å²) in [5, 5.41) is 27.8. The molecule has 3 rings (SSSR count). The first kappa shape index (κ1) is 19.1. The van der Waals surface area contributed by atoms with Crippen LogP contribution in [0.25, 0.3) is 0 Å². The number of rotatable bonds is 5. The second kappa shape index (κ2) is 8.34. The molecule has 8 nitrogen and oxygen atoms in total. The standard InChI is InChI=1S/C20H23N7O/c1-12-4-3-5-17(26-12)27-18(14-7-9-25-19(14)22)13-6-8-24-16(10-13)15(11-21)20(28)23-2/h3-6,8,10-11,21,24H,7,9H2,1-2H3,(H2,22,25)(H,23,28)(H,26,27)/b16-15+,18-14-,21-11?. The summed E-state index contributed by atoms with van der Waals surface area (Å²) in [6, 6.07) is 5.71. The summed E-state index contributed by atoms with van der Waals surface area (Å²) in [6.45, 7) is 2.62. The number of aromatic nitrogens is 1. The van der Waals surface area contributed by atoms with Gasteiger partial charge < -0.3 is 26.7 Å². The van der Waals surface area contributed by atoms with Gasteiger partial charge in [0.15, 0.2) is 0 Å². The van der Waals surface area contributed by atoms with E-state index < -0.39 is 0 Å². The van der Waals surface area contributed by atoms with E-state index in [0.29, 0.717) is 30.3 Å². The molecular weight excluding hydrogens is 354 g/mol. The Morgan fingerprint density at radius 2 is 2.18 bits per heavy atom. The van der Waals surface area contributed by atoms with Crippen LogP contribution in [0.3, 0.4) is 0 Å². The lowest BCUT2D eigenvalue weighted by Crippen LogP contribution is -2.25. The van der Waals surface area contributed by atoms with Crippen molar-refractivity contribution in [2.75, 3.05) is 18.9 Å². The molecule has 0 unspecified atom stereocenters. The number of likely N-dealkylation sites (N-methyl/N-ethyl adjacent to an activating group) is 1. The number of pyridine rings is 1. The lowest BCUT2D eigenvalue weighted by atomic mass is 10.0. The number of amides is 1. The van der Waals surface area contributed by atoms with Crippen LogP contribution >= 0.6 is 0 Å². The van der Waals surface area contributed by atoms with Gasteiger partial charge >= 0.3 is 0 Å². The fraction of sp³-hybridized carbons (Fsp3) is 0.200. The van der Waals surface area contributed by atoms with Crippen LogP contribution in [0.2, 0.25) is 0 Å². The Hall–Kier alpha value is -3.68. The van der Waals surface area contributed by atoms with Gasteiger partial charge in [0.1, 0.15) is 11.7 Å². The van der Waals surface area contributed by atoms with E-state index >= 15 is 0 Å². The van der Waals surface area contributed by atoms with Crippen LogP contribution in [0.15, 0.2) is 64.7 Å². The predicted molar refractivity (Wildman–Crippen MR) is 110 cm³/mol. The fourth-order valence-corrected chi connectivity index (χ4v) is 3.03. The van der Waals surface area contributed by atoms with Gasteiger partial charge in [-0.15, -0.1) is 0 Å². The molecule has 1 aromatic heterocycles. The Bertz CT molecular complexity index is 953. The number of allylic oxidation sites excluding steroid dienone is 2. The molecular formula is C20H23N7O. The normalized spacial score (nSPS) is 19.2. The van der Waals surface area contributed by atoms with Crippen molar-refractivity contribution in [3.05, 3.63) is 70.4 Å². The highest BCUT2D eigenvalue weighted by Crippen LogP contribution is 2.26. The predicted octanol–water partition coefficient (Wildman–Crippen LogP) is 1.72. The van der Waals surface area contributed by atoms with Crippen molar-refractivity contribution in [2.24, 2.45) is 0 Å². The lowest BCUT2D eigenvalue weighted by Gasteiger charge is -2.19. The molecule has 0 spiro atoms. The van der Waals surface area contributed by atoms with E-state index in [4.69, 9.17) is 10.8 Å². The molecule has 0 aromatic carbocycles. The number of hydrogen-bond acceptors (Lipinski definition) is 6. The molecule has 6 N–H and O–H groups in total. The molecule has 0 aliphatic carbocycles. The average molecular weight is 377 g/mol. The molecule has 0 saturated carbocycles. The monoisotopic (exact) mass is 377 g/mol. The molecule has 1 fully saturated rings. The minimum absolute atomic E-state index is 0.224. The molecule has 3 heterocycles. The zero-order valence-electron chi connectivity index (χ0n) is 15.8. The third-order valence-electron chi connectivity index (χ3n) is 4.42. The van der Waals surface area contributed by atoms with E-state index in [1.165, 1.54) is 7.05 Å². The van der Waals surface area contributed by atoms with Crippen LogP contribution in [-0.2, 0) is 4.79 Å². The van der Waals surface area contributed by atoms with Crippen molar-refractivity contribution in [3.8, 4) is 0 Å². The number of hydrogen-bond donors (Lipinski definition) is 6. The Morgan fingerprint density at radius 1 is 1.36 bits per heavy atom. The highest BCUT2D eigenvalue weighted by molar-refractivity contribution is 6.12. The Morgan fingerprint density at radius 3 is 2.82 bits per heavy atom. The number of dihydropyridines is 1. The lowest BCUT2D eigenvalue weighted by molar-refractivity contribution is -0.116. The van der Waals surface area contributed by atoms with Gasteiger partial charge in [0.05, 0.1) is 17.0 Å². The second-order valence-corrected chi connectivity index (χ2v) is 6.32. The van der Waals surface area contributed by atoms with Gasteiger partial charge in [0, 0.05) is 42.8 Å². The van der Waals surface area contributed by atoms with Crippen LogP contribution < -0.4 is 21.3 Å². The fourth-order valence-electron chi connectivity index (χ4n) is 3.03. The first-order chi connectivity index (χ1) is 13.5. The van der Waals surface area contributed by atoms with Crippen molar-refractivity contribution in [3.63, 3.8) is 0 Å². The van der Waals surface area contributed by atoms with E-state index in [1.807, 2.05) is 31.2 Å². The summed E-state index contributed by atoms with van der Waals surface area (Å²) in [5.41, 5.74) is 4.02. The molecule has 0 atom stereocenters. The molecule has 2 aliphatic heterocycles. The maximum Gasteiger partial charge on any atom is 0.254 e.